The smallest absolute Gasteiger partial charge is 0.294 e. The molecular weight excluding hydrogens is 318 g/mol. The van der Waals surface area contributed by atoms with Crippen LogP contribution in [0.1, 0.15) is 20.8 Å². The summed E-state index contributed by atoms with van der Waals surface area (Å²) in [5, 5.41) is 0. The topological polar surface area (TPSA) is 57.6 Å². The largest absolute Gasteiger partial charge is 0.304 e. The molecule has 0 saturated carbocycles. The zero-order valence-corrected chi connectivity index (χ0v) is 13.3. The lowest BCUT2D eigenvalue weighted by Gasteiger charge is -2.13. The zero-order chi connectivity index (χ0) is 14.2. The highest BCUT2D eigenvalue weighted by molar-refractivity contribution is 9.10. The van der Waals surface area contributed by atoms with Gasteiger partial charge in [0, 0.05) is 4.47 Å². The highest BCUT2D eigenvalue weighted by Gasteiger charge is 2.07. The number of benzene rings is 1. The zero-order valence-electron chi connectivity index (χ0n) is 10.9. The molecule has 104 valence electrons. The van der Waals surface area contributed by atoms with E-state index in [1.807, 2.05) is 0 Å². The number of nitrogens with zero attached hydrogens (tertiary/aromatic N) is 1. The molecule has 0 heterocycles. The summed E-state index contributed by atoms with van der Waals surface area (Å²) in [5.41, 5.74) is 0. The summed E-state index contributed by atoms with van der Waals surface area (Å²) in [5.74, 6) is 0. The fraction of sp³-hybridized carbons (Fsp3) is 0.500. The fourth-order valence-electron chi connectivity index (χ4n) is 1.28. The van der Waals surface area contributed by atoms with Gasteiger partial charge >= 0.3 is 0 Å². The molecule has 4 nitrogen and oxygen atoms in total. The van der Waals surface area contributed by atoms with E-state index in [4.69, 9.17) is 4.55 Å². The van der Waals surface area contributed by atoms with Crippen LogP contribution in [0.5, 0.6) is 0 Å². The first-order valence-electron chi connectivity index (χ1n) is 5.80. The minimum atomic E-state index is -4.04. The molecule has 1 aromatic rings. The van der Waals surface area contributed by atoms with Crippen molar-refractivity contribution in [3.05, 3.63) is 28.7 Å². The standard InChI is InChI=1S/C6H5BrO3S.C6H15N/c7-5-1-3-6(4-2-5)11(8,9)10;1-4-7(5-2)6-3/h1-4H,(H,8,9,10);4-6H2,1-3H3. The van der Waals surface area contributed by atoms with Crippen LogP contribution < -0.4 is 0 Å². The van der Waals surface area contributed by atoms with Crippen molar-refractivity contribution in [2.75, 3.05) is 19.6 Å². The molecule has 0 aromatic heterocycles. The Bertz CT molecular complexity index is 422. The predicted molar refractivity (Wildman–Crippen MR) is 77.4 cm³/mol. The first kappa shape index (κ1) is 17.6. The van der Waals surface area contributed by atoms with Crippen molar-refractivity contribution < 1.29 is 13.0 Å². The first-order chi connectivity index (χ1) is 8.35. The van der Waals surface area contributed by atoms with Gasteiger partial charge in [-0.3, -0.25) is 4.55 Å². The molecular formula is C12H20BrNO3S. The highest BCUT2D eigenvalue weighted by Crippen LogP contribution is 2.13. The van der Waals surface area contributed by atoms with Crippen LogP contribution in [-0.2, 0) is 10.1 Å². The van der Waals surface area contributed by atoms with Crippen molar-refractivity contribution in [3.63, 3.8) is 0 Å². The van der Waals surface area contributed by atoms with Crippen LogP contribution >= 0.6 is 15.9 Å². The molecule has 0 amide bonds. The van der Waals surface area contributed by atoms with Crippen molar-refractivity contribution in [2.24, 2.45) is 0 Å². The highest BCUT2D eigenvalue weighted by atomic mass is 79.9. The monoisotopic (exact) mass is 337 g/mol. The number of hydrogen-bond acceptors (Lipinski definition) is 3. The van der Waals surface area contributed by atoms with Gasteiger partial charge in [0.2, 0.25) is 0 Å². The summed E-state index contributed by atoms with van der Waals surface area (Å²) in [6, 6.07) is 5.73. The van der Waals surface area contributed by atoms with Crippen molar-refractivity contribution in [3.8, 4) is 0 Å². The molecule has 0 radical (unpaired) electrons. The molecule has 0 atom stereocenters. The molecule has 0 bridgehead atoms. The Balaban J connectivity index is 0.000000360. The Morgan fingerprint density at radius 2 is 1.44 bits per heavy atom. The second-order valence-corrected chi connectivity index (χ2v) is 5.89. The van der Waals surface area contributed by atoms with E-state index in [1.54, 1.807) is 12.1 Å². The number of hydrogen-bond donors (Lipinski definition) is 1. The van der Waals surface area contributed by atoms with E-state index < -0.39 is 10.1 Å². The molecule has 1 aromatic carbocycles. The summed E-state index contributed by atoms with van der Waals surface area (Å²) >= 11 is 3.14. The van der Waals surface area contributed by atoms with Gasteiger partial charge in [0.25, 0.3) is 10.1 Å². The molecule has 0 unspecified atom stereocenters. The van der Waals surface area contributed by atoms with E-state index in [0.717, 1.165) is 4.47 Å². The minimum Gasteiger partial charge on any atom is -0.304 e. The van der Waals surface area contributed by atoms with Crippen LogP contribution in [0, 0.1) is 0 Å². The molecule has 1 rings (SSSR count). The van der Waals surface area contributed by atoms with Crippen LogP contribution in [-0.4, -0.2) is 37.5 Å². The van der Waals surface area contributed by atoms with Gasteiger partial charge in [-0.25, -0.2) is 0 Å². The molecule has 1 N–H and O–H groups in total. The Kier molecular flexibility index (Phi) is 8.43. The Hall–Kier alpha value is -0.430. The second-order valence-electron chi connectivity index (χ2n) is 3.55. The summed E-state index contributed by atoms with van der Waals surface area (Å²) in [7, 11) is -4.04. The van der Waals surface area contributed by atoms with Crippen molar-refractivity contribution in [1.82, 2.24) is 4.90 Å². The molecule has 0 spiro atoms. The second kappa shape index (κ2) is 8.63. The van der Waals surface area contributed by atoms with Crippen LogP contribution in [0.15, 0.2) is 33.6 Å². The summed E-state index contributed by atoms with van der Waals surface area (Å²) < 4.78 is 30.3. The minimum absolute atomic E-state index is 0.0966. The van der Waals surface area contributed by atoms with Crippen LogP contribution in [0.2, 0.25) is 0 Å². The van der Waals surface area contributed by atoms with Gasteiger partial charge in [0.1, 0.15) is 0 Å². The van der Waals surface area contributed by atoms with E-state index in [2.05, 4.69) is 41.6 Å². The Morgan fingerprint density at radius 3 is 1.67 bits per heavy atom. The molecule has 0 saturated heterocycles. The maximum absolute atomic E-state index is 10.5. The van der Waals surface area contributed by atoms with Gasteiger partial charge < -0.3 is 4.90 Å². The average Bonchev–Trinajstić information content (AvgIpc) is 2.31. The lowest BCUT2D eigenvalue weighted by atomic mass is 10.4. The third-order valence-electron chi connectivity index (χ3n) is 2.45. The third-order valence-corrected chi connectivity index (χ3v) is 3.85. The van der Waals surface area contributed by atoms with Gasteiger partial charge in [-0.2, -0.15) is 8.42 Å². The lowest BCUT2D eigenvalue weighted by molar-refractivity contribution is 0.321. The van der Waals surface area contributed by atoms with Crippen LogP contribution in [0.3, 0.4) is 0 Å². The molecule has 0 aliphatic carbocycles. The van der Waals surface area contributed by atoms with E-state index in [9.17, 15) is 8.42 Å². The quantitative estimate of drug-likeness (QED) is 0.858. The third kappa shape index (κ3) is 7.10. The predicted octanol–water partition coefficient (Wildman–Crippen LogP) is 3.04. The molecule has 0 fully saturated rings. The van der Waals surface area contributed by atoms with E-state index >= 15 is 0 Å². The Morgan fingerprint density at radius 1 is 1.06 bits per heavy atom. The first-order valence-corrected chi connectivity index (χ1v) is 8.03. The van der Waals surface area contributed by atoms with Gasteiger partial charge in [-0.05, 0) is 43.9 Å². The molecule has 0 aliphatic rings. The normalized spacial score (nSPS) is 11.0. The number of halogens is 1. The maximum Gasteiger partial charge on any atom is 0.294 e. The Labute approximate surface area is 118 Å². The van der Waals surface area contributed by atoms with Gasteiger partial charge in [0.05, 0.1) is 4.90 Å². The molecule has 6 heteroatoms. The summed E-state index contributed by atoms with van der Waals surface area (Å²) in [6.45, 7) is 10.1. The summed E-state index contributed by atoms with van der Waals surface area (Å²) in [4.78, 5) is 2.28. The van der Waals surface area contributed by atoms with Crippen LogP contribution in [0.25, 0.3) is 0 Å². The molecule has 18 heavy (non-hydrogen) atoms. The van der Waals surface area contributed by atoms with Gasteiger partial charge in [0.15, 0.2) is 0 Å². The van der Waals surface area contributed by atoms with Gasteiger partial charge in [-0.15, -0.1) is 0 Å². The van der Waals surface area contributed by atoms with Crippen LogP contribution in [0.4, 0.5) is 0 Å². The van der Waals surface area contributed by atoms with Crippen molar-refractivity contribution in [2.45, 2.75) is 25.7 Å². The summed E-state index contributed by atoms with van der Waals surface area (Å²) in [6.07, 6.45) is 0. The lowest BCUT2D eigenvalue weighted by Crippen LogP contribution is -2.21. The van der Waals surface area contributed by atoms with E-state index in [0.29, 0.717) is 0 Å². The van der Waals surface area contributed by atoms with Crippen molar-refractivity contribution >= 4 is 26.0 Å². The SMILES string of the molecule is CCN(CC)CC.O=S(=O)(O)c1ccc(Br)cc1. The van der Waals surface area contributed by atoms with Gasteiger partial charge in [-0.1, -0.05) is 36.7 Å². The number of rotatable bonds is 4. The van der Waals surface area contributed by atoms with E-state index in [1.165, 1.54) is 31.8 Å². The molecule has 0 aliphatic heterocycles. The maximum atomic E-state index is 10.5. The van der Waals surface area contributed by atoms with E-state index in [-0.39, 0.29) is 4.90 Å². The fourth-order valence-corrected chi connectivity index (χ4v) is 2.02. The average molecular weight is 338 g/mol. The van der Waals surface area contributed by atoms with Crippen molar-refractivity contribution in [1.29, 1.82) is 0 Å².